The third-order valence-electron chi connectivity index (χ3n) is 14.7. The molecule has 0 aromatic carbocycles. The lowest BCUT2D eigenvalue weighted by atomic mass is 10.0. The van der Waals surface area contributed by atoms with Crippen LogP contribution in [0.2, 0.25) is 0 Å². The number of carbonyl (C=O) groups excluding carboxylic acids is 2. The molecule has 6 heteroatoms. The van der Waals surface area contributed by atoms with Crippen molar-refractivity contribution < 1.29 is 24.5 Å². The van der Waals surface area contributed by atoms with E-state index in [0.717, 1.165) is 38.5 Å². The lowest BCUT2D eigenvalue weighted by molar-refractivity contribution is -0.143. The van der Waals surface area contributed by atoms with Gasteiger partial charge >= 0.3 is 5.97 Å². The Balaban J connectivity index is 3.38. The van der Waals surface area contributed by atoms with Gasteiger partial charge in [-0.15, -0.1) is 0 Å². The first-order chi connectivity index (χ1) is 33.0. The predicted molar refractivity (Wildman–Crippen MR) is 292 cm³/mol. The topological polar surface area (TPSA) is 95.9 Å². The second-order valence-electron chi connectivity index (χ2n) is 21.4. The Morgan fingerprint density at radius 1 is 0.358 bits per heavy atom. The van der Waals surface area contributed by atoms with E-state index in [1.54, 1.807) is 0 Å². The molecule has 0 saturated heterocycles. The van der Waals surface area contributed by atoms with Gasteiger partial charge in [0.2, 0.25) is 5.91 Å². The van der Waals surface area contributed by atoms with Crippen LogP contribution < -0.4 is 5.32 Å². The second kappa shape index (κ2) is 57.4. The van der Waals surface area contributed by atoms with E-state index < -0.39 is 12.1 Å². The molecular formula is C61H121NO5. The van der Waals surface area contributed by atoms with Gasteiger partial charge in [0, 0.05) is 12.8 Å². The lowest BCUT2D eigenvalue weighted by Gasteiger charge is -2.22. The number of amides is 1. The summed E-state index contributed by atoms with van der Waals surface area (Å²) in [5, 5.41) is 23.3. The zero-order valence-electron chi connectivity index (χ0n) is 45.7. The van der Waals surface area contributed by atoms with Crippen molar-refractivity contribution in [2.75, 3.05) is 13.2 Å². The van der Waals surface area contributed by atoms with Crippen molar-refractivity contribution in [3.63, 3.8) is 0 Å². The SMILES string of the molecule is CCCCCCCCCCCCCCCCCCCCC(O)C(CO)NC(=O)CCCCCCCCCCCCCCCCCCCCCCOC(=O)CCCCCCCCCCCCCC. The van der Waals surface area contributed by atoms with Crippen molar-refractivity contribution >= 4 is 11.9 Å². The molecule has 0 aromatic rings. The number of esters is 1. The van der Waals surface area contributed by atoms with Crippen LogP contribution in [-0.4, -0.2) is 47.4 Å². The molecule has 3 N–H and O–H groups in total. The van der Waals surface area contributed by atoms with Gasteiger partial charge in [0.25, 0.3) is 0 Å². The second-order valence-corrected chi connectivity index (χ2v) is 21.4. The van der Waals surface area contributed by atoms with Crippen LogP contribution >= 0.6 is 0 Å². The van der Waals surface area contributed by atoms with Gasteiger partial charge in [0.15, 0.2) is 0 Å². The van der Waals surface area contributed by atoms with Gasteiger partial charge in [-0.2, -0.15) is 0 Å². The van der Waals surface area contributed by atoms with Crippen molar-refractivity contribution in [3.05, 3.63) is 0 Å². The van der Waals surface area contributed by atoms with Gasteiger partial charge in [-0.3, -0.25) is 9.59 Å². The molecule has 0 aliphatic heterocycles. The van der Waals surface area contributed by atoms with Crippen LogP contribution in [0.3, 0.4) is 0 Å². The van der Waals surface area contributed by atoms with E-state index in [-0.39, 0.29) is 18.5 Å². The fourth-order valence-corrected chi connectivity index (χ4v) is 9.94. The highest BCUT2D eigenvalue weighted by Crippen LogP contribution is 2.18. The van der Waals surface area contributed by atoms with Crippen molar-refractivity contribution in [2.24, 2.45) is 0 Å². The molecule has 0 spiro atoms. The summed E-state index contributed by atoms with van der Waals surface area (Å²) in [4.78, 5) is 24.5. The molecule has 6 nitrogen and oxygen atoms in total. The normalized spacial score (nSPS) is 12.5. The third kappa shape index (κ3) is 54.0. The number of aliphatic hydroxyl groups excluding tert-OH is 2. The Morgan fingerprint density at radius 3 is 0.910 bits per heavy atom. The van der Waals surface area contributed by atoms with Crippen LogP contribution in [-0.2, 0) is 14.3 Å². The molecule has 0 fully saturated rings. The van der Waals surface area contributed by atoms with Crippen LogP contribution in [0.15, 0.2) is 0 Å². The fourth-order valence-electron chi connectivity index (χ4n) is 9.94. The highest BCUT2D eigenvalue weighted by molar-refractivity contribution is 5.76. The standard InChI is InChI=1S/C61H121NO5/c1-3-5-7-9-11-13-15-17-18-19-24-27-30-33-37-41-45-49-53-59(64)58(57-63)62-60(65)54-50-46-42-38-34-31-28-25-22-20-21-23-26-29-32-36-40-44-48-52-56-67-61(66)55-51-47-43-39-35-16-14-12-10-8-6-4-2/h58-59,63-64H,3-57H2,1-2H3,(H,62,65). The Kier molecular flexibility index (Phi) is 56.5. The number of unbranched alkanes of at least 4 members (excludes halogenated alkanes) is 47. The molecular weight excluding hydrogens is 827 g/mol. The summed E-state index contributed by atoms with van der Waals surface area (Å²) in [7, 11) is 0. The van der Waals surface area contributed by atoms with E-state index in [2.05, 4.69) is 19.2 Å². The smallest absolute Gasteiger partial charge is 0.305 e. The molecule has 0 aliphatic rings. The molecule has 0 radical (unpaired) electrons. The fraction of sp³-hybridized carbons (Fsp3) is 0.967. The van der Waals surface area contributed by atoms with Crippen molar-refractivity contribution in [2.45, 2.75) is 366 Å². The molecule has 0 rings (SSSR count). The molecule has 0 bridgehead atoms. The van der Waals surface area contributed by atoms with Crippen LogP contribution in [0, 0.1) is 0 Å². The number of ether oxygens (including phenoxy) is 1. The van der Waals surface area contributed by atoms with Gasteiger partial charge in [-0.05, 0) is 25.7 Å². The van der Waals surface area contributed by atoms with Gasteiger partial charge in [-0.1, -0.05) is 316 Å². The maximum atomic E-state index is 12.5. The van der Waals surface area contributed by atoms with Crippen LogP contribution in [0.25, 0.3) is 0 Å². The van der Waals surface area contributed by atoms with Gasteiger partial charge < -0.3 is 20.3 Å². The maximum absolute atomic E-state index is 12.5. The number of nitrogens with one attached hydrogen (secondary N) is 1. The number of rotatable bonds is 58. The van der Waals surface area contributed by atoms with Crippen molar-refractivity contribution in [1.29, 1.82) is 0 Å². The highest BCUT2D eigenvalue weighted by Gasteiger charge is 2.20. The Hall–Kier alpha value is -1.14. The Bertz CT molecular complexity index is 959. The van der Waals surface area contributed by atoms with E-state index in [1.165, 1.54) is 283 Å². The Morgan fingerprint density at radius 2 is 0.612 bits per heavy atom. The number of aliphatic hydroxyl groups is 2. The summed E-state index contributed by atoms with van der Waals surface area (Å²) < 4.78 is 5.47. The third-order valence-corrected chi connectivity index (χ3v) is 14.7. The minimum absolute atomic E-state index is 0.0124. The summed E-state index contributed by atoms with van der Waals surface area (Å²) in [5.74, 6) is -0.0204. The monoisotopic (exact) mass is 948 g/mol. The average molecular weight is 949 g/mol. The first-order valence-corrected chi connectivity index (χ1v) is 30.8. The van der Waals surface area contributed by atoms with E-state index in [0.29, 0.717) is 25.9 Å². The molecule has 0 aliphatic carbocycles. The van der Waals surface area contributed by atoms with Crippen LogP contribution in [0.4, 0.5) is 0 Å². The molecule has 0 aromatic heterocycles. The number of hydrogen-bond acceptors (Lipinski definition) is 5. The largest absolute Gasteiger partial charge is 0.466 e. The van der Waals surface area contributed by atoms with E-state index in [1.807, 2.05) is 0 Å². The van der Waals surface area contributed by atoms with E-state index >= 15 is 0 Å². The quantitative estimate of drug-likeness (QED) is 0.0417. The minimum atomic E-state index is -0.664. The molecule has 0 saturated carbocycles. The first-order valence-electron chi connectivity index (χ1n) is 30.8. The van der Waals surface area contributed by atoms with Gasteiger partial charge in [0.05, 0.1) is 25.4 Å². The molecule has 2 unspecified atom stereocenters. The molecule has 2 atom stereocenters. The summed E-state index contributed by atoms with van der Waals surface area (Å²) in [6, 6.07) is -0.542. The van der Waals surface area contributed by atoms with Crippen molar-refractivity contribution in [3.8, 4) is 0 Å². The molecule has 67 heavy (non-hydrogen) atoms. The highest BCUT2D eigenvalue weighted by atomic mass is 16.5. The molecule has 0 heterocycles. The van der Waals surface area contributed by atoms with Gasteiger partial charge in [0.1, 0.15) is 0 Å². The first kappa shape index (κ1) is 65.9. The predicted octanol–water partition coefficient (Wildman–Crippen LogP) is 19.1. The lowest BCUT2D eigenvalue weighted by Crippen LogP contribution is -2.45. The van der Waals surface area contributed by atoms with Crippen LogP contribution in [0.1, 0.15) is 354 Å². The summed E-state index contributed by atoms with van der Waals surface area (Å²) in [6.45, 7) is 4.98. The maximum Gasteiger partial charge on any atom is 0.305 e. The zero-order chi connectivity index (χ0) is 48.6. The molecule has 400 valence electrons. The Labute approximate surface area is 419 Å². The number of carbonyl (C=O) groups is 2. The average Bonchev–Trinajstić information content (AvgIpc) is 3.33. The number of hydrogen-bond donors (Lipinski definition) is 3. The van der Waals surface area contributed by atoms with Gasteiger partial charge in [-0.25, -0.2) is 0 Å². The zero-order valence-corrected chi connectivity index (χ0v) is 45.7. The van der Waals surface area contributed by atoms with Crippen molar-refractivity contribution in [1.82, 2.24) is 5.32 Å². The summed E-state index contributed by atoms with van der Waals surface area (Å²) in [6.07, 6.45) is 66.8. The van der Waals surface area contributed by atoms with E-state index in [4.69, 9.17) is 4.74 Å². The van der Waals surface area contributed by atoms with E-state index in [9.17, 15) is 19.8 Å². The molecule has 1 amide bonds. The van der Waals surface area contributed by atoms with Crippen LogP contribution in [0.5, 0.6) is 0 Å². The minimum Gasteiger partial charge on any atom is -0.466 e. The summed E-state index contributed by atoms with van der Waals surface area (Å²) in [5.41, 5.74) is 0. The summed E-state index contributed by atoms with van der Waals surface area (Å²) >= 11 is 0.